The van der Waals surface area contributed by atoms with Crippen molar-refractivity contribution in [2.45, 2.75) is 85.2 Å². The van der Waals surface area contributed by atoms with E-state index in [9.17, 15) is 0 Å². The van der Waals surface area contributed by atoms with Crippen molar-refractivity contribution in [1.82, 2.24) is 0 Å². The molecule has 0 aromatic heterocycles. The van der Waals surface area contributed by atoms with E-state index in [-0.39, 0.29) is 0 Å². The van der Waals surface area contributed by atoms with E-state index < -0.39 is 37.0 Å². The van der Waals surface area contributed by atoms with Gasteiger partial charge >= 0.3 is 37.9 Å². The summed E-state index contributed by atoms with van der Waals surface area (Å²) < 4.78 is 0. The second kappa shape index (κ2) is 12.3. The van der Waals surface area contributed by atoms with Crippen LogP contribution in [0.15, 0.2) is 42.5 Å². The number of rotatable bonds is 7. The molecule has 180 valence electrons. The van der Waals surface area contributed by atoms with Crippen LogP contribution in [0.2, 0.25) is 39.3 Å². The molecule has 3 aromatic carbocycles. The van der Waals surface area contributed by atoms with E-state index in [4.69, 9.17) is 17.0 Å². The summed E-state index contributed by atoms with van der Waals surface area (Å²) in [4.78, 5) is 0. The molecule has 0 fully saturated rings. The van der Waals surface area contributed by atoms with Crippen LogP contribution in [0.3, 0.4) is 0 Å². The molecule has 0 spiro atoms. The summed E-state index contributed by atoms with van der Waals surface area (Å²) in [5.74, 6) is 0.518. The van der Waals surface area contributed by atoms with Gasteiger partial charge in [-0.25, -0.2) is 0 Å². The number of hydrogen-bond donors (Lipinski definition) is 0. The molecule has 0 bridgehead atoms. The zero-order valence-electron chi connectivity index (χ0n) is 22.0. The Hall–Kier alpha value is -0.0531. The van der Waals surface area contributed by atoms with E-state index in [0.29, 0.717) is 5.92 Å². The van der Waals surface area contributed by atoms with Crippen molar-refractivity contribution in [3.63, 3.8) is 0 Å². The van der Waals surface area contributed by atoms with Gasteiger partial charge in [0, 0.05) is 0 Å². The fraction of sp³-hybridized carbons (Fsp3) is 0.464. The molecule has 0 N–H and O–H groups in total. The first-order valence-electron chi connectivity index (χ1n) is 12.2. The molecule has 0 aliphatic carbocycles. The van der Waals surface area contributed by atoms with Crippen LogP contribution in [0.5, 0.6) is 0 Å². The third kappa shape index (κ3) is 7.71. The van der Waals surface area contributed by atoms with Gasteiger partial charge in [-0.2, -0.15) is 6.07 Å². The van der Waals surface area contributed by atoms with Gasteiger partial charge < -0.3 is 0 Å². The van der Waals surface area contributed by atoms with Crippen molar-refractivity contribution in [2.24, 2.45) is 0 Å². The Kier molecular flexibility index (Phi) is 10.8. The van der Waals surface area contributed by atoms with Gasteiger partial charge in [-0.05, 0) is 17.9 Å². The zero-order valence-corrected chi connectivity index (χ0v) is 28.0. The average molecular weight is 596 g/mol. The molecule has 0 saturated heterocycles. The van der Waals surface area contributed by atoms with Crippen LogP contribution >= 0.6 is 17.0 Å². The van der Waals surface area contributed by atoms with Crippen LogP contribution in [-0.4, -0.2) is 16.1 Å². The molecular weight excluding hydrogens is 555 g/mol. The molecule has 0 aliphatic rings. The van der Waals surface area contributed by atoms with E-state index in [1.807, 2.05) is 0 Å². The van der Waals surface area contributed by atoms with Gasteiger partial charge in [-0.15, -0.1) is 34.5 Å². The van der Waals surface area contributed by atoms with Gasteiger partial charge in [-0.1, -0.05) is 113 Å². The number of halogens is 2. The molecule has 3 rings (SSSR count). The van der Waals surface area contributed by atoms with E-state index >= 15 is 0 Å². The zero-order chi connectivity index (χ0) is 25.0. The van der Waals surface area contributed by atoms with Crippen LogP contribution in [0.25, 0.3) is 21.9 Å². The van der Waals surface area contributed by atoms with Crippen molar-refractivity contribution in [1.29, 1.82) is 0 Å². The Bertz CT molecular complexity index is 1020. The van der Waals surface area contributed by atoms with Crippen LogP contribution in [0.1, 0.15) is 50.7 Å². The summed E-state index contributed by atoms with van der Waals surface area (Å²) in [5, 5.41) is 6.07. The van der Waals surface area contributed by atoms with Crippen molar-refractivity contribution >= 4 is 54.3 Å². The Morgan fingerprint density at radius 1 is 0.879 bits per heavy atom. The molecular formula is C28H41Cl2Si2Zr-. The summed E-state index contributed by atoms with van der Waals surface area (Å²) in [6, 6.07) is 17.3. The quantitative estimate of drug-likeness (QED) is 0.189. The number of unbranched alkanes of at least 4 members (excludes halogenated alkanes) is 1. The minimum atomic E-state index is -1.41. The molecule has 0 saturated carbocycles. The molecule has 5 heteroatoms. The van der Waals surface area contributed by atoms with Gasteiger partial charge in [0.2, 0.25) is 0 Å². The molecule has 0 radical (unpaired) electrons. The van der Waals surface area contributed by atoms with Gasteiger partial charge in [-0.3, -0.25) is 0 Å². The number of hydrogen-bond acceptors (Lipinski definition) is 0. The summed E-state index contributed by atoms with van der Waals surface area (Å²) >= 11 is -0.826. The Morgan fingerprint density at radius 3 is 1.88 bits per heavy atom. The second-order valence-electron chi connectivity index (χ2n) is 11.5. The SMILES string of the molecule is CCCCc1cc2c(-c3cc([Si](C)(C)C)cc([Si](C)(C)C)c3)c(C(C)C)ccc2[cH-]1.[Cl][Zr][Cl]. The van der Waals surface area contributed by atoms with E-state index in [0.717, 1.165) is 0 Å². The summed E-state index contributed by atoms with van der Waals surface area (Å²) in [6.07, 6.45) is 3.72. The van der Waals surface area contributed by atoms with Crippen LogP contribution in [-0.2, 0) is 27.3 Å². The molecule has 0 amide bonds. The number of fused-ring (bicyclic) bond motifs is 1. The molecule has 3 aromatic rings. The molecule has 33 heavy (non-hydrogen) atoms. The van der Waals surface area contributed by atoms with Gasteiger partial charge in [0.05, 0.1) is 16.1 Å². The van der Waals surface area contributed by atoms with Crippen molar-refractivity contribution in [3.8, 4) is 11.1 Å². The molecule has 0 atom stereocenters. The van der Waals surface area contributed by atoms with Crippen molar-refractivity contribution in [3.05, 3.63) is 53.6 Å². The van der Waals surface area contributed by atoms with Crippen molar-refractivity contribution in [2.75, 3.05) is 0 Å². The third-order valence-corrected chi connectivity index (χ3v) is 10.4. The van der Waals surface area contributed by atoms with E-state index in [2.05, 4.69) is 103 Å². The predicted octanol–water partition coefficient (Wildman–Crippen LogP) is 9.16. The van der Waals surface area contributed by atoms with Crippen LogP contribution in [0, 0.1) is 0 Å². The summed E-state index contributed by atoms with van der Waals surface area (Å²) in [5.41, 5.74) is 5.93. The Labute approximate surface area is 223 Å². The monoisotopic (exact) mass is 593 g/mol. The van der Waals surface area contributed by atoms with Crippen LogP contribution in [0.4, 0.5) is 0 Å². The molecule has 0 unspecified atom stereocenters. The first-order chi connectivity index (χ1) is 15.3. The normalized spacial score (nSPS) is 12.1. The average Bonchev–Trinajstić information content (AvgIpc) is 3.13. The first-order valence-corrected chi connectivity index (χ1v) is 25.5. The van der Waals surface area contributed by atoms with E-state index in [1.54, 1.807) is 10.4 Å². The standard InChI is InChI=1S/C28H41Si2.2ClH.Zr/c1-10-11-12-21-15-22-13-14-26(20(2)3)28(27(22)16-21)23-17-24(29(4,5)6)19-25(18-23)30(7,8)9;;;/h13-20H,10-12H2,1-9H3;2*1H;/q-1;;;+2/p-2. The summed E-state index contributed by atoms with van der Waals surface area (Å²) in [6.45, 7) is 21.9. The molecule has 0 nitrogen and oxygen atoms in total. The fourth-order valence-corrected chi connectivity index (χ4v) is 6.83. The summed E-state index contributed by atoms with van der Waals surface area (Å²) in [7, 11) is 7.05. The fourth-order valence-electron chi connectivity index (χ4n) is 4.33. The molecule has 0 aliphatic heterocycles. The van der Waals surface area contributed by atoms with E-state index in [1.165, 1.54) is 52.3 Å². The maximum absolute atomic E-state index is 4.93. The Balaban J connectivity index is 0.00000122. The molecule has 0 heterocycles. The number of aryl methyl sites for hydroxylation is 1. The predicted molar refractivity (Wildman–Crippen MR) is 155 cm³/mol. The number of benzene rings is 2. The topological polar surface area (TPSA) is 0 Å². The third-order valence-electron chi connectivity index (χ3n) is 6.38. The Morgan fingerprint density at radius 2 is 1.42 bits per heavy atom. The van der Waals surface area contributed by atoms with Crippen molar-refractivity contribution < 1.29 is 20.8 Å². The first kappa shape index (κ1) is 29.2. The van der Waals surface area contributed by atoms with Crippen LogP contribution < -0.4 is 10.4 Å². The maximum atomic E-state index is 4.93. The minimum absolute atomic E-state index is 0.518. The van der Waals surface area contributed by atoms with Gasteiger partial charge in [0.1, 0.15) is 0 Å². The van der Waals surface area contributed by atoms with Gasteiger partial charge in [0.15, 0.2) is 0 Å². The second-order valence-corrected chi connectivity index (χ2v) is 25.4. The van der Waals surface area contributed by atoms with Gasteiger partial charge in [0.25, 0.3) is 0 Å².